The van der Waals surface area contributed by atoms with E-state index in [1.54, 1.807) is 17.9 Å². The van der Waals surface area contributed by atoms with Gasteiger partial charge in [-0.05, 0) is 56.2 Å². The monoisotopic (exact) mass is 490 g/mol. The van der Waals surface area contributed by atoms with Gasteiger partial charge in [0, 0.05) is 36.4 Å². The molecule has 2 atom stereocenters. The summed E-state index contributed by atoms with van der Waals surface area (Å²) in [5.41, 5.74) is 1.83. The molecule has 0 saturated carbocycles. The molecule has 0 fully saturated rings. The number of sulfone groups is 1. The highest BCUT2D eigenvalue weighted by Gasteiger charge is 2.36. The summed E-state index contributed by atoms with van der Waals surface area (Å²) in [5, 5.41) is 2.93. The molecule has 0 spiro atoms. The Kier molecular flexibility index (Phi) is 7.71. The van der Waals surface area contributed by atoms with Crippen molar-refractivity contribution < 1.29 is 32.2 Å². The molecule has 1 aliphatic rings. The van der Waals surface area contributed by atoms with E-state index in [9.17, 15) is 18.0 Å². The Bertz CT molecular complexity index is 1160. The van der Waals surface area contributed by atoms with Crippen LogP contribution in [0.3, 0.4) is 0 Å². The summed E-state index contributed by atoms with van der Waals surface area (Å²) in [6, 6.07) is 9.19. The zero-order valence-corrected chi connectivity index (χ0v) is 20.8. The minimum atomic E-state index is -3.34. The van der Waals surface area contributed by atoms with Crippen molar-refractivity contribution in [2.45, 2.75) is 37.1 Å². The van der Waals surface area contributed by atoms with E-state index < -0.39 is 15.9 Å². The van der Waals surface area contributed by atoms with Crippen molar-refractivity contribution in [3.63, 3.8) is 0 Å². The molecular formula is C24H30N2O7S. The Morgan fingerprint density at radius 2 is 1.71 bits per heavy atom. The van der Waals surface area contributed by atoms with Crippen LogP contribution < -0.4 is 19.7 Å². The summed E-state index contributed by atoms with van der Waals surface area (Å²) in [6.45, 7) is 4.25. The predicted octanol–water partition coefficient (Wildman–Crippen LogP) is 3.38. The molecule has 0 radical (unpaired) electrons. The number of carbonyl (C=O) groups is 2. The maximum atomic E-state index is 12.7. The number of carbonyl (C=O) groups excluding carboxylic acids is 2. The molecule has 0 aromatic heterocycles. The van der Waals surface area contributed by atoms with E-state index in [1.807, 2.05) is 13.0 Å². The Balaban J connectivity index is 1.88. The molecule has 1 aliphatic heterocycles. The number of hydrogen-bond acceptors (Lipinski definition) is 7. The van der Waals surface area contributed by atoms with Gasteiger partial charge in [-0.15, -0.1) is 0 Å². The zero-order valence-electron chi connectivity index (χ0n) is 20.0. The van der Waals surface area contributed by atoms with E-state index >= 15 is 0 Å². The first-order chi connectivity index (χ1) is 16.1. The number of hydrogen-bond donors (Lipinski definition) is 1. The molecule has 2 amide bonds. The predicted molar refractivity (Wildman–Crippen MR) is 128 cm³/mol. The van der Waals surface area contributed by atoms with Gasteiger partial charge in [0.1, 0.15) is 0 Å². The fourth-order valence-electron chi connectivity index (χ4n) is 4.14. The maximum absolute atomic E-state index is 12.7. The van der Waals surface area contributed by atoms with Crippen LogP contribution in [-0.4, -0.2) is 60.1 Å². The van der Waals surface area contributed by atoms with E-state index in [4.69, 9.17) is 14.2 Å². The van der Waals surface area contributed by atoms with E-state index in [2.05, 4.69) is 5.32 Å². The van der Waals surface area contributed by atoms with Gasteiger partial charge in [0.2, 0.25) is 0 Å². The van der Waals surface area contributed by atoms with E-state index in [0.29, 0.717) is 35.7 Å². The SMILES string of the molecule is CCOC(=O)N1c2cc(OC)c(OC)cc2C(CNC(=O)c2ccc(S(C)(=O)=O)cc2)CC1C. The van der Waals surface area contributed by atoms with Crippen LogP contribution in [0, 0.1) is 0 Å². The molecular weight excluding hydrogens is 460 g/mol. The quantitative estimate of drug-likeness (QED) is 0.633. The molecule has 10 heteroatoms. The number of methoxy groups -OCH3 is 2. The van der Waals surface area contributed by atoms with E-state index in [1.165, 1.54) is 38.5 Å². The molecule has 34 heavy (non-hydrogen) atoms. The number of anilines is 1. The molecule has 2 aromatic carbocycles. The Labute approximate surface area is 199 Å². The molecule has 0 bridgehead atoms. The Morgan fingerprint density at radius 1 is 1.09 bits per heavy atom. The lowest BCUT2D eigenvalue weighted by atomic mass is 9.85. The van der Waals surface area contributed by atoms with Crippen molar-refractivity contribution in [2.24, 2.45) is 0 Å². The van der Waals surface area contributed by atoms with Gasteiger partial charge in [0.25, 0.3) is 5.91 Å². The molecule has 9 nitrogen and oxygen atoms in total. The van der Waals surface area contributed by atoms with Crippen LogP contribution in [0.15, 0.2) is 41.3 Å². The normalized spacial score (nSPS) is 17.5. The number of amides is 2. The zero-order chi connectivity index (χ0) is 25.0. The molecule has 3 rings (SSSR count). The number of nitrogens with one attached hydrogen (secondary N) is 1. The van der Waals surface area contributed by atoms with Gasteiger partial charge in [0.15, 0.2) is 21.3 Å². The summed E-state index contributed by atoms with van der Waals surface area (Å²) in [5.74, 6) is 0.586. The molecule has 0 aliphatic carbocycles. The third-order valence-corrected chi connectivity index (χ3v) is 6.95. The third kappa shape index (κ3) is 5.27. The van der Waals surface area contributed by atoms with Gasteiger partial charge in [0.05, 0.1) is 31.4 Å². The highest BCUT2D eigenvalue weighted by atomic mass is 32.2. The van der Waals surface area contributed by atoms with Crippen molar-refractivity contribution in [1.29, 1.82) is 0 Å². The van der Waals surface area contributed by atoms with E-state index in [-0.39, 0.29) is 29.4 Å². The van der Waals surface area contributed by atoms with Crippen LogP contribution in [0.5, 0.6) is 11.5 Å². The summed E-state index contributed by atoms with van der Waals surface area (Å²) in [6.07, 6.45) is 1.26. The molecule has 184 valence electrons. The summed E-state index contributed by atoms with van der Waals surface area (Å²) >= 11 is 0. The second-order valence-corrected chi connectivity index (χ2v) is 10.1. The second kappa shape index (κ2) is 10.3. The number of fused-ring (bicyclic) bond motifs is 1. The molecule has 2 unspecified atom stereocenters. The number of ether oxygens (including phenoxy) is 3. The van der Waals surface area contributed by atoms with Crippen LogP contribution in [0.1, 0.15) is 42.1 Å². The summed E-state index contributed by atoms with van der Waals surface area (Å²) in [4.78, 5) is 27.2. The minimum Gasteiger partial charge on any atom is -0.493 e. The van der Waals surface area contributed by atoms with Crippen LogP contribution in [0.4, 0.5) is 10.5 Å². The molecule has 2 aromatic rings. The van der Waals surface area contributed by atoms with Crippen LogP contribution in [0.2, 0.25) is 0 Å². The first-order valence-electron chi connectivity index (χ1n) is 10.9. The molecule has 1 heterocycles. The molecule has 1 N–H and O–H groups in total. The lowest BCUT2D eigenvalue weighted by Gasteiger charge is -2.39. The lowest BCUT2D eigenvalue weighted by Crippen LogP contribution is -2.45. The van der Waals surface area contributed by atoms with Gasteiger partial charge in [-0.25, -0.2) is 13.2 Å². The number of nitrogens with zero attached hydrogens (tertiary/aromatic N) is 1. The van der Waals surface area contributed by atoms with Crippen molar-refractivity contribution >= 4 is 27.5 Å². The average Bonchev–Trinajstić information content (AvgIpc) is 2.81. The standard InChI is InChI=1S/C24H30N2O7S/c1-6-33-24(28)26-15(2)11-17(19-12-21(31-3)22(32-4)13-20(19)26)14-25-23(27)16-7-9-18(10-8-16)34(5,29)30/h7-10,12-13,15,17H,6,11,14H2,1-5H3,(H,25,27). The number of rotatable bonds is 7. The molecule has 0 saturated heterocycles. The van der Waals surface area contributed by atoms with Crippen molar-refractivity contribution in [1.82, 2.24) is 5.32 Å². The van der Waals surface area contributed by atoms with Gasteiger partial charge < -0.3 is 19.5 Å². The average molecular weight is 491 g/mol. The largest absolute Gasteiger partial charge is 0.493 e. The number of benzene rings is 2. The highest BCUT2D eigenvalue weighted by molar-refractivity contribution is 7.90. The van der Waals surface area contributed by atoms with Gasteiger partial charge >= 0.3 is 6.09 Å². The minimum absolute atomic E-state index is 0.102. The Hall–Kier alpha value is -3.27. The first kappa shape index (κ1) is 25.4. The smallest absolute Gasteiger partial charge is 0.414 e. The van der Waals surface area contributed by atoms with E-state index in [0.717, 1.165) is 11.8 Å². The topological polar surface area (TPSA) is 111 Å². The lowest BCUT2D eigenvalue weighted by molar-refractivity contribution is 0.0949. The second-order valence-electron chi connectivity index (χ2n) is 8.12. The van der Waals surface area contributed by atoms with Gasteiger partial charge in [-0.1, -0.05) is 0 Å². The fourth-order valence-corrected chi connectivity index (χ4v) is 4.77. The highest BCUT2D eigenvalue weighted by Crippen LogP contribution is 2.44. The van der Waals surface area contributed by atoms with Crippen LogP contribution >= 0.6 is 0 Å². The van der Waals surface area contributed by atoms with Crippen LogP contribution in [-0.2, 0) is 14.6 Å². The maximum Gasteiger partial charge on any atom is 0.414 e. The Morgan fingerprint density at radius 3 is 2.26 bits per heavy atom. The van der Waals surface area contributed by atoms with Crippen molar-refractivity contribution in [3.05, 3.63) is 47.5 Å². The first-order valence-corrected chi connectivity index (χ1v) is 12.8. The summed E-state index contributed by atoms with van der Waals surface area (Å²) in [7, 11) is -0.276. The van der Waals surface area contributed by atoms with Crippen molar-refractivity contribution in [2.75, 3.05) is 38.5 Å². The van der Waals surface area contributed by atoms with Crippen LogP contribution in [0.25, 0.3) is 0 Å². The summed E-state index contributed by atoms with van der Waals surface area (Å²) < 4.78 is 39.5. The third-order valence-electron chi connectivity index (χ3n) is 5.82. The van der Waals surface area contributed by atoms with Gasteiger partial charge in [-0.2, -0.15) is 0 Å². The fraction of sp³-hybridized carbons (Fsp3) is 0.417. The van der Waals surface area contributed by atoms with Gasteiger partial charge in [-0.3, -0.25) is 9.69 Å². The van der Waals surface area contributed by atoms with Crippen molar-refractivity contribution in [3.8, 4) is 11.5 Å².